The molecule has 2 aliphatic rings. The lowest BCUT2D eigenvalue weighted by Crippen LogP contribution is -2.51. The van der Waals surface area contributed by atoms with Gasteiger partial charge in [-0.2, -0.15) is 4.31 Å². The number of carbonyl (C=O) groups excluding carboxylic acids is 1. The molecule has 41 heavy (non-hydrogen) atoms. The first-order valence-electron chi connectivity index (χ1n) is 14.1. The van der Waals surface area contributed by atoms with E-state index < -0.39 is 28.3 Å². The van der Waals surface area contributed by atoms with E-state index in [1.807, 2.05) is 44.2 Å². The highest BCUT2D eigenvalue weighted by Crippen LogP contribution is 2.38. The van der Waals surface area contributed by atoms with Crippen LogP contribution in [-0.4, -0.2) is 88.3 Å². The Morgan fingerprint density at radius 2 is 1.78 bits per heavy atom. The van der Waals surface area contributed by atoms with Gasteiger partial charge in [0.15, 0.2) is 0 Å². The molecule has 10 nitrogen and oxygen atoms in total. The molecule has 1 saturated heterocycles. The molecule has 11 heteroatoms. The first kappa shape index (κ1) is 31.2. The Labute approximate surface area is 243 Å². The van der Waals surface area contributed by atoms with Crippen LogP contribution < -0.4 is 10.1 Å². The van der Waals surface area contributed by atoms with Gasteiger partial charge in [0.05, 0.1) is 43.0 Å². The summed E-state index contributed by atoms with van der Waals surface area (Å²) in [4.78, 5) is 13.2. The van der Waals surface area contributed by atoms with Gasteiger partial charge >= 0.3 is 6.09 Å². The molecule has 0 bridgehead atoms. The normalized spacial score (nSPS) is 23.8. The van der Waals surface area contributed by atoms with Crippen molar-refractivity contribution in [3.8, 4) is 5.75 Å². The van der Waals surface area contributed by atoms with Crippen LogP contribution in [0.5, 0.6) is 5.75 Å². The summed E-state index contributed by atoms with van der Waals surface area (Å²) >= 11 is 0. The van der Waals surface area contributed by atoms with Crippen LogP contribution in [0.2, 0.25) is 0 Å². The molecule has 1 amide bonds. The standard InChI is InChI=1S/C30H42N2O8S/c1-20(2)17-32(41(35,36)24-12-10-22(37-3)11-13-24)18-27(33)26(14-21-8-6-5-7-9-21)31-30(34)40-23-15-25-28(16-23)39-19-29(25)38-4/h5-13,20,23,25-29,33H,14-19H2,1-4H3,(H,31,34)/t23-,25+,26+,27-,28-,29-/m1/s1. The average molecular weight is 591 g/mol. The first-order valence-corrected chi connectivity index (χ1v) is 15.5. The van der Waals surface area contributed by atoms with Gasteiger partial charge in [0.25, 0.3) is 0 Å². The maximum Gasteiger partial charge on any atom is 0.407 e. The van der Waals surface area contributed by atoms with Gasteiger partial charge < -0.3 is 29.4 Å². The van der Waals surface area contributed by atoms with E-state index >= 15 is 0 Å². The number of fused-ring (bicyclic) bond motifs is 1. The maximum atomic E-state index is 13.6. The lowest BCUT2D eigenvalue weighted by Gasteiger charge is -2.31. The van der Waals surface area contributed by atoms with E-state index in [9.17, 15) is 18.3 Å². The van der Waals surface area contributed by atoms with Crippen LogP contribution in [0.1, 0.15) is 32.3 Å². The topological polar surface area (TPSA) is 124 Å². The Hall–Kier alpha value is -2.70. The number of methoxy groups -OCH3 is 2. The number of ether oxygens (including phenoxy) is 4. The molecule has 0 spiro atoms. The molecule has 4 rings (SSSR count). The molecule has 2 aromatic rings. The third kappa shape index (κ3) is 7.98. The lowest BCUT2D eigenvalue weighted by atomic mass is 10.0. The number of nitrogens with one attached hydrogen (secondary N) is 1. The predicted octanol–water partition coefficient (Wildman–Crippen LogP) is 3.23. The molecule has 1 aliphatic carbocycles. The Morgan fingerprint density at radius 1 is 1.07 bits per heavy atom. The molecule has 0 unspecified atom stereocenters. The van der Waals surface area contributed by atoms with Crippen LogP contribution in [0.4, 0.5) is 4.79 Å². The number of nitrogens with zero attached hydrogens (tertiary/aromatic N) is 1. The average Bonchev–Trinajstić information content (AvgIpc) is 3.52. The zero-order chi connectivity index (χ0) is 29.6. The number of sulfonamides is 1. The molecule has 2 fully saturated rings. The second kappa shape index (κ2) is 14.0. The van der Waals surface area contributed by atoms with Gasteiger partial charge in [0.1, 0.15) is 11.9 Å². The number of hydrogen-bond acceptors (Lipinski definition) is 8. The molecule has 2 N–H and O–H groups in total. The number of rotatable bonds is 13. The summed E-state index contributed by atoms with van der Waals surface area (Å²) in [5.74, 6) is 0.720. The summed E-state index contributed by atoms with van der Waals surface area (Å²) < 4.78 is 50.7. The SMILES string of the molecule is COc1ccc(S(=O)(=O)N(CC(C)C)C[C@@H](O)[C@H](Cc2ccccc2)NC(=O)O[C@@H]2C[C@@H]3[C@H](OC)CO[C@@H]3C2)cc1. The molecule has 1 aliphatic heterocycles. The van der Waals surface area contributed by atoms with Gasteiger partial charge in [-0.15, -0.1) is 0 Å². The van der Waals surface area contributed by atoms with Crippen LogP contribution in [0, 0.1) is 11.8 Å². The van der Waals surface area contributed by atoms with Crippen molar-refractivity contribution in [1.29, 1.82) is 0 Å². The third-order valence-electron chi connectivity index (χ3n) is 7.76. The van der Waals surface area contributed by atoms with E-state index in [0.29, 0.717) is 31.6 Å². The fraction of sp³-hybridized carbons (Fsp3) is 0.567. The number of carbonyl (C=O) groups is 1. The molecule has 1 heterocycles. The first-order chi connectivity index (χ1) is 19.6. The monoisotopic (exact) mass is 590 g/mol. The number of alkyl carbamates (subject to hydrolysis) is 1. The van der Waals surface area contributed by atoms with Crippen molar-refractivity contribution in [3.63, 3.8) is 0 Å². The molecule has 0 aromatic heterocycles. The van der Waals surface area contributed by atoms with Crippen molar-refractivity contribution in [1.82, 2.24) is 9.62 Å². The minimum atomic E-state index is -3.94. The van der Waals surface area contributed by atoms with Crippen molar-refractivity contribution in [2.24, 2.45) is 11.8 Å². The Bertz CT molecular complexity index is 1220. The maximum absolute atomic E-state index is 13.6. The Kier molecular flexibility index (Phi) is 10.6. The number of benzene rings is 2. The fourth-order valence-corrected chi connectivity index (χ4v) is 7.27. The van der Waals surface area contributed by atoms with Crippen molar-refractivity contribution < 1.29 is 37.3 Å². The van der Waals surface area contributed by atoms with E-state index in [0.717, 1.165) is 5.56 Å². The second-order valence-electron chi connectivity index (χ2n) is 11.2. The van der Waals surface area contributed by atoms with E-state index in [1.165, 1.54) is 23.5 Å². The molecule has 2 aromatic carbocycles. The van der Waals surface area contributed by atoms with E-state index in [2.05, 4.69) is 5.32 Å². The Balaban J connectivity index is 1.48. The predicted molar refractivity (Wildman–Crippen MR) is 153 cm³/mol. The van der Waals surface area contributed by atoms with Gasteiger partial charge in [0, 0.05) is 32.5 Å². The van der Waals surface area contributed by atoms with Gasteiger partial charge in [-0.05, 0) is 48.6 Å². The van der Waals surface area contributed by atoms with Crippen LogP contribution in [0.3, 0.4) is 0 Å². The number of aliphatic hydroxyl groups is 1. The largest absolute Gasteiger partial charge is 0.497 e. The van der Waals surface area contributed by atoms with Crippen LogP contribution >= 0.6 is 0 Å². The van der Waals surface area contributed by atoms with E-state index in [-0.39, 0.29) is 48.1 Å². The van der Waals surface area contributed by atoms with Gasteiger partial charge in [-0.1, -0.05) is 44.2 Å². The zero-order valence-electron chi connectivity index (χ0n) is 24.1. The molecular weight excluding hydrogens is 548 g/mol. The van der Waals surface area contributed by atoms with E-state index in [1.54, 1.807) is 19.2 Å². The van der Waals surface area contributed by atoms with Crippen LogP contribution in [-0.2, 0) is 30.7 Å². The quantitative estimate of drug-likeness (QED) is 0.365. The smallest absolute Gasteiger partial charge is 0.407 e. The minimum absolute atomic E-state index is 0.000634. The highest BCUT2D eigenvalue weighted by Gasteiger charge is 2.46. The summed E-state index contributed by atoms with van der Waals surface area (Å²) in [6, 6.07) is 14.8. The summed E-state index contributed by atoms with van der Waals surface area (Å²) in [5.41, 5.74) is 0.886. The number of hydrogen-bond donors (Lipinski definition) is 2. The molecule has 1 saturated carbocycles. The minimum Gasteiger partial charge on any atom is -0.497 e. The zero-order valence-corrected chi connectivity index (χ0v) is 25.0. The highest BCUT2D eigenvalue weighted by atomic mass is 32.2. The van der Waals surface area contributed by atoms with Crippen molar-refractivity contribution in [2.75, 3.05) is 33.9 Å². The van der Waals surface area contributed by atoms with Crippen LogP contribution in [0.25, 0.3) is 0 Å². The number of amides is 1. The summed E-state index contributed by atoms with van der Waals surface area (Å²) in [7, 11) is -0.769. The van der Waals surface area contributed by atoms with Crippen molar-refractivity contribution >= 4 is 16.1 Å². The molecule has 0 radical (unpaired) electrons. The molecule has 226 valence electrons. The molecular formula is C30H42N2O8S. The second-order valence-corrected chi connectivity index (χ2v) is 13.1. The lowest BCUT2D eigenvalue weighted by molar-refractivity contribution is 0.0297. The Morgan fingerprint density at radius 3 is 2.41 bits per heavy atom. The van der Waals surface area contributed by atoms with Crippen molar-refractivity contribution in [2.45, 2.75) is 68.5 Å². The van der Waals surface area contributed by atoms with Crippen molar-refractivity contribution in [3.05, 3.63) is 60.2 Å². The molecule has 6 atom stereocenters. The highest BCUT2D eigenvalue weighted by molar-refractivity contribution is 7.89. The number of aliphatic hydroxyl groups excluding tert-OH is 1. The van der Waals surface area contributed by atoms with Gasteiger partial charge in [-0.25, -0.2) is 13.2 Å². The fourth-order valence-electron chi connectivity index (χ4n) is 5.65. The summed E-state index contributed by atoms with van der Waals surface area (Å²) in [5, 5.41) is 14.2. The van der Waals surface area contributed by atoms with Gasteiger partial charge in [-0.3, -0.25) is 0 Å². The third-order valence-corrected chi connectivity index (χ3v) is 9.61. The van der Waals surface area contributed by atoms with Gasteiger partial charge in [0.2, 0.25) is 10.0 Å². The summed E-state index contributed by atoms with van der Waals surface area (Å²) in [6.07, 6.45) is -0.682. The van der Waals surface area contributed by atoms with E-state index in [4.69, 9.17) is 18.9 Å². The summed E-state index contributed by atoms with van der Waals surface area (Å²) in [6.45, 7) is 4.35. The van der Waals surface area contributed by atoms with Crippen LogP contribution in [0.15, 0.2) is 59.5 Å².